The summed E-state index contributed by atoms with van der Waals surface area (Å²) in [6, 6.07) is 12.1. The summed E-state index contributed by atoms with van der Waals surface area (Å²) in [4.78, 5) is 4.26. The second-order valence-corrected chi connectivity index (χ2v) is 7.65. The zero-order chi connectivity index (χ0) is 17.7. The average molecular weight is 344 g/mol. The Kier molecular flexibility index (Phi) is 5.54. The van der Waals surface area contributed by atoms with Crippen LogP contribution in [0.1, 0.15) is 25.1 Å². The van der Waals surface area contributed by atoms with Crippen LogP contribution in [0.3, 0.4) is 0 Å². The van der Waals surface area contributed by atoms with E-state index in [2.05, 4.69) is 10.3 Å². The third-order valence-corrected chi connectivity index (χ3v) is 5.75. The third-order valence-electron chi connectivity index (χ3n) is 3.70. The smallest absolute Gasteiger partial charge is 0.243 e. The van der Waals surface area contributed by atoms with Gasteiger partial charge in [0.25, 0.3) is 0 Å². The van der Waals surface area contributed by atoms with Crippen molar-refractivity contribution in [3.05, 3.63) is 53.9 Å². The average Bonchev–Trinajstić information content (AvgIpc) is 2.60. The topological polar surface area (TPSA) is 86.1 Å². The second-order valence-electron chi connectivity index (χ2n) is 5.66. The number of nitrogens with one attached hydrogen (secondary N) is 1. The van der Waals surface area contributed by atoms with Crippen LogP contribution in [0.4, 0.5) is 5.69 Å². The Hall–Kier alpha value is -2.43. The van der Waals surface area contributed by atoms with Crippen molar-refractivity contribution in [2.45, 2.75) is 31.3 Å². The van der Waals surface area contributed by atoms with Crippen LogP contribution in [-0.2, 0) is 16.6 Å². The maximum atomic E-state index is 12.4. The molecule has 126 valence electrons. The lowest BCUT2D eigenvalue weighted by molar-refractivity contribution is 0.410. The Morgan fingerprint density at radius 1 is 1.21 bits per heavy atom. The number of hydrogen-bond acceptors (Lipinski definition) is 5. The van der Waals surface area contributed by atoms with Gasteiger partial charge in [-0.15, -0.1) is 0 Å². The molecule has 0 aliphatic heterocycles. The molecule has 24 heavy (non-hydrogen) atoms. The van der Waals surface area contributed by atoms with Crippen LogP contribution in [-0.4, -0.2) is 30.8 Å². The van der Waals surface area contributed by atoms with Crippen molar-refractivity contribution in [2.75, 3.05) is 12.4 Å². The summed E-state index contributed by atoms with van der Waals surface area (Å²) >= 11 is 0. The fraction of sp³-hybridized carbons (Fsp3) is 0.294. The van der Waals surface area contributed by atoms with Gasteiger partial charge >= 0.3 is 0 Å². The van der Waals surface area contributed by atoms with Gasteiger partial charge in [-0.2, -0.15) is 9.57 Å². The van der Waals surface area contributed by atoms with Crippen molar-refractivity contribution >= 4 is 15.7 Å². The molecule has 0 bridgehead atoms. The first-order valence-corrected chi connectivity index (χ1v) is 8.95. The molecular formula is C17H20N4O2S. The number of sulfonamides is 1. The van der Waals surface area contributed by atoms with Crippen molar-refractivity contribution < 1.29 is 8.42 Å². The summed E-state index contributed by atoms with van der Waals surface area (Å²) in [5.41, 5.74) is 2.11. The fourth-order valence-corrected chi connectivity index (χ4v) is 3.36. The summed E-state index contributed by atoms with van der Waals surface area (Å²) in [6.45, 7) is 4.21. The minimum Gasteiger partial charge on any atom is -0.380 e. The SMILES string of the molecule is CC(C)N(C)S(=O)(=O)c1ccc(CNc2ccc(C#N)nc2)cc1. The quantitative estimate of drug-likeness (QED) is 0.870. The minimum atomic E-state index is -3.46. The summed E-state index contributed by atoms with van der Waals surface area (Å²) in [5, 5.41) is 11.9. The Balaban J connectivity index is 2.05. The van der Waals surface area contributed by atoms with Gasteiger partial charge in [-0.3, -0.25) is 0 Å². The summed E-state index contributed by atoms with van der Waals surface area (Å²) in [6.07, 6.45) is 1.59. The van der Waals surface area contributed by atoms with E-state index in [9.17, 15) is 8.42 Å². The van der Waals surface area contributed by atoms with Crippen LogP contribution in [0.5, 0.6) is 0 Å². The van der Waals surface area contributed by atoms with Crippen LogP contribution >= 0.6 is 0 Å². The monoisotopic (exact) mass is 344 g/mol. The van der Waals surface area contributed by atoms with Gasteiger partial charge in [0.1, 0.15) is 11.8 Å². The molecule has 0 fully saturated rings. The highest BCUT2D eigenvalue weighted by Crippen LogP contribution is 2.17. The predicted molar refractivity (Wildman–Crippen MR) is 92.8 cm³/mol. The van der Waals surface area contributed by atoms with Crippen molar-refractivity contribution in [1.82, 2.24) is 9.29 Å². The Morgan fingerprint density at radius 3 is 2.38 bits per heavy atom. The van der Waals surface area contributed by atoms with Gasteiger partial charge in [0.2, 0.25) is 10.0 Å². The van der Waals surface area contributed by atoms with E-state index in [1.54, 1.807) is 49.6 Å². The number of aromatic nitrogens is 1. The van der Waals surface area contributed by atoms with E-state index in [0.29, 0.717) is 12.2 Å². The van der Waals surface area contributed by atoms with E-state index in [0.717, 1.165) is 11.3 Å². The predicted octanol–water partition coefficient (Wildman–Crippen LogP) is 2.59. The zero-order valence-corrected chi connectivity index (χ0v) is 14.7. The number of rotatable bonds is 6. The lowest BCUT2D eigenvalue weighted by Gasteiger charge is -2.21. The lowest BCUT2D eigenvalue weighted by atomic mass is 10.2. The van der Waals surface area contributed by atoms with Crippen molar-refractivity contribution in [3.63, 3.8) is 0 Å². The highest BCUT2D eigenvalue weighted by atomic mass is 32.2. The van der Waals surface area contributed by atoms with Gasteiger partial charge in [-0.05, 0) is 43.7 Å². The highest BCUT2D eigenvalue weighted by Gasteiger charge is 2.22. The molecule has 0 atom stereocenters. The molecule has 0 aliphatic carbocycles. The van der Waals surface area contributed by atoms with Crippen molar-refractivity contribution in [1.29, 1.82) is 5.26 Å². The normalized spacial score (nSPS) is 11.5. The first kappa shape index (κ1) is 17.9. The second kappa shape index (κ2) is 7.43. The van der Waals surface area contributed by atoms with Crippen LogP contribution in [0.2, 0.25) is 0 Å². The molecule has 2 rings (SSSR count). The van der Waals surface area contributed by atoms with Crippen LogP contribution < -0.4 is 5.32 Å². The third kappa shape index (κ3) is 4.10. The molecule has 0 saturated heterocycles. The number of nitrogens with zero attached hydrogens (tertiary/aromatic N) is 3. The van der Waals surface area contributed by atoms with Crippen LogP contribution in [0.25, 0.3) is 0 Å². The summed E-state index contributed by atoms with van der Waals surface area (Å²) < 4.78 is 26.2. The maximum absolute atomic E-state index is 12.4. The van der Waals surface area contributed by atoms with Crippen LogP contribution in [0.15, 0.2) is 47.5 Å². The molecule has 0 amide bonds. The van der Waals surface area contributed by atoms with Gasteiger partial charge in [-0.25, -0.2) is 13.4 Å². The molecule has 0 aliphatic rings. The van der Waals surface area contributed by atoms with Gasteiger partial charge < -0.3 is 5.32 Å². The van der Waals surface area contributed by atoms with Gasteiger partial charge in [0, 0.05) is 19.6 Å². The molecule has 1 aromatic carbocycles. The van der Waals surface area contributed by atoms with E-state index >= 15 is 0 Å². The molecule has 0 spiro atoms. The number of hydrogen-bond donors (Lipinski definition) is 1. The minimum absolute atomic E-state index is 0.0970. The molecule has 1 N–H and O–H groups in total. The largest absolute Gasteiger partial charge is 0.380 e. The first-order valence-electron chi connectivity index (χ1n) is 7.51. The van der Waals surface area contributed by atoms with Gasteiger partial charge in [-0.1, -0.05) is 12.1 Å². The summed E-state index contributed by atoms with van der Waals surface area (Å²) in [5.74, 6) is 0. The van der Waals surface area contributed by atoms with Gasteiger partial charge in [0.15, 0.2) is 0 Å². The maximum Gasteiger partial charge on any atom is 0.243 e. The van der Waals surface area contributed by atoms with E-state index in [-0.39, 0.29) is 10.9 Å². The molecule has 7 heteroatoms. The Labute approximate surface area is 142 Å². The molecule has 1 heterocycles. The number of anilines is 1. The van der Waals surface area contributed by atoms with E-state index in [1.165, 1.54) is 4.31 Å². The molecule has 0 saturated carbocycles. The van der Waals surface area contributed by atoms with E-state index in [4.69, 9.17) is 5.26 Å². The van der Waals surface area contributed by atoms with Crippen molar-refractivity contribution in [3.8, 4) is 6.07 Å². The van der Waals surface area contributed by atoms with Gasteiger partial charge in [0.05, 0.1) is 16.8 Å². The summed E-state index contributed by atoms with van der Waals surface area (Å²) in [7, 11) is -1.88. The molecule has 0 unspecified atom stereocenters. The number of nitriles is 1. The molecular weight excluding hydrogens is 324 g/mol. The fourth-order valence-electron chi connectivity index (χ4n) is 1.99. The van der Waals surface area contributed by atoms with E-state index < -0.39 is 10.0 Å². The Bertz CT molecular complexity index is 822. The number of benzene rings is 1. The zero-order valence-electron chi connectivity index (χ0n) is 13.9. The molecule has 0 radical (unpaired) electrons. The van der Waals surface area contributed by atoms with Crippen molar-refractivity contribution in [2.24, 2.45) is 0 Å². The Morgan fingerprint density at radius 2 is 1.88 bits per heavy atom. The molecule has 2 aromatic rings. The van der Waals surface area contributed by atoms with Crippen LogP contribution in [0, 0.1) is 11.3 Å². The molecule has 1 aromatic heterocycles. The first-order chi connectivity index (χ1) is 11.3. The highest BCUT2D eigenvalue weighted by molar-refractivity contribution is 7.89. The van der Waals surface area contributed by atoms with E-state index in [1.807, 2.05) is 19.9 Å². The lowest BCUT2D eigenvalue weighted by Crippen LogP contribution is -2.33. The standard InChI is InChI=1S/C17H20N4O2S/c1-13(2)21(3)24(22,23)17-8-4-14(5-9-17)11-19-16-7-6-15(10-18)20-12-16/h4-9,12-13,19H,11H2,1-3H3. The number of pyridine rings is 1. The molecule has 6 nitrogen and oxygen atoms in total.